The number of benzene rings is 1. The van der Waals surface area contributed by atoms with E-state index in [0.29, 0.717) is 18.1 Å². The number of hydrogen-bond acceptors (Lipinski definition) is 4. The maximum absolute atomic E-state index is 12.0. The Morgan fingerprint density at radius 1 is 1.08 bits per heavy atom. The number of hydrogen-bond donors (Lipinski definition) is 0. The normalized spacial score (nSPS) is 12.2. The minimum absolute atomic E-state index is 0.229. The van der Waals surface area contributed by atoms with Gasteiger partial charge in [-0.3, -0.25) is 0 Å². The fourth-order valence-electron chi connectivity index (χ4n) is 2.58. The van der Waals surface area contributed by atoms with Gasteiger partial charge in [0.25, 0.3) is 0 Å². The fraction of sp³-hybridized carbons (Fsp3) is 0.611. The number of rotatable bonds is 11. The topological polar surface area (TPSA) is 44.8 Å². The molecule has 25 heavy (non-hydrogen) atoms. The summed E-state index contributed by atoms with van der Waals surface area (Å²) in [5.74, 6) is 0.0867. The highest BCUT2D eigenvalue weighted by molar-refractivity contribution is 6.82. The Hall–Kier alpha value is -0.666. The number of carbonyl (C=O) groups excluding carboxylic acids is 1. The average molecular weight is 403 g/mol. The number of ether oxygens (including phenoxy) is 1. The van der Waals surface area contributed by atoms with Crippen LogP contribution < -0.4 is 0 Å². The Bertz CT molecular complexity index is 532. The van der Waals surface area contributed by atoms with E-state index in [2.05, 4.69) is 33.1 Å². The molecule has 0 heterocycles. The summed E-state index contributed by atoms with van der Waals surface area (Å²) in [6.07, 6.45) is 2.38. The standard InChI is InChI=1S/C18H31ClO4Si2/c1-6-7-14-24(2,3)23-25(4,5)22-13-12-21-18(20)17-10-8-16(15-19)9-11-17/h8-11H,6-7,12-15H2,1-5H3. The molecule has 1 aromatic carbocycles. The van der Waals surface area contributed by atoms with Crippen LogP contribution in [0.3, 0.4) is 0 Å². The van der Waals surface area contributed by atoms with E-state index >= 15 is 0 Å². The highest BCUT2D eigenvalue weighted by Crippen LogP contribution is 2.21. The van der Waals surface area contributed by atoms with Gasteiger partial charge in [-0.15, -0.1) is 11.6 Å². The molecule has 0 aliphatic carbocycles. The minimum atomic E-state index is -2.20. The quantitative estimate of drug-likeness (QED) is 0.217. The van der Waals surface area contributed by atoms with Crippen LogP contribution in [-0.2, 0) is 19.2 Å². The molecule has 0 N–H and O–H groups in total. The predicted molar refractivity (Wildman–Crippen MR) is 108 cm³/mol. The largest absolute Gasteiger partial charge is 0.460 e. The van der Waals surface area contributed by atoms with Crippen molar-refractivity contribution in [3.8, 4) is 0 Å². The van der Waals surface area contributed by atoms with Gasteiger partial charge in [-0.1, -0.05) is 31.9 Å². The van der Waals surface area contributed by atoms with Crippen LogP contribution in [0.1, 0.15) is 35.7 Å². The first-order valence-corrected chi connectivity index (χ1v) is 15.3. The van der Waals surface area contributed by atoms with Crippen molar-refractivity contribution < 1.29 is 18.1 Å². The number of unbranched alkanes of at least 4 members (excludes halogenated alkanes) is 1. The Kier molecular flexibility index (Phi) is 9.37. The Labute approximate surface area is 159 Å². The summed E-state index contributed by atoms with van der Waals surface area (Å²) in [5, 5.41) is 0. The fourth-order valence-corrected chi connectivity index (χ4v) is 10.5. The highest BCUT2D eigenvalue weighted by Gasteiger charge is 2.34. The lowest BCUT2D eigenvalue weighted by atomic mass is 10.1. The van der Waals surface area contributed by atoms with E-state index in [4.69, 9.17) is 24.9 Å². The zero-order chi connectivity index (χ0) is 18.9. The Morgan fingerprint density at radius 3 is 2.28 bits per heavy atom. The lowest BCUT2D eigenvalue weighted by molar-refractivity contribution is 0.0431. The first-order chi connectivity index (χ1) is 11.7. The van der Waals surface area contributed by atoms with E-state index in [1.54, 1.807) is 12.1 Å². The molecule has 0 unspecified atom stereocenters. The zero-order valence-corrected chi connectivity index (χ0v) is 18.8. The third-order valence-electron chi connectivity index (χ3n) is 3.76. The van der Waals surface area contributed by atoms with Crippen LogP contribution in [0.25, 0.3) is 0 Å². The molecule has 7 heteroatoms. The van der Waals surface area contributed by atoms with Gasteiger partial charge in [-0.05, 0) is 49.9 Å². The molecule has 0 saturated heterocycles. The summed E-state index contributed by atoms with van der Waals surface area (Å²) in [7, 11) is -3.88. The number of alkyl halides is 1. The van der Waals surface area contributed by atoms with Crippen molar-refractivity contribution in [2.45, 2.75) is 57.9 Å². The van der Waals surface area contributed by atoms with Crippen LogP contribution in [0.2, 0.25) is 32.2 Å². The molecule has 142 valence electrons. The molecule has 0 radical (unpaired) electrons. The molecule has 0 spiro atoms. The molecule has 0 bridgehead atoms. The number of halogens is 1. The van der Waals surface area contributed by atoms with Crippen LogP contribution in [0.5, 0.6) is 0 Å². The van der Waals surface area contributed by atoms with Gasteiger partial charge in [-0.2, -0.15) is 0 Å². The van der Waals surface area contributed by atoms with Gasteiger partial charge in [0.2, 0.25) is 0 Å². The summed E-state index contributed by atoms with van der Waals surface area (Å²) in [5.41, 5.74) is 1.50. The molecule has 0 aliphatic rings. The summed E-state index contributed by atoms with van der Waals surface area (Å²) in [6.45, 7) is 11.4. The second kappa shape index (κ2) is 10.5. The van der Waals surface area contributed by atoms with Gasteiger partial charge in [0.15, 0.2) is 8.32 Å². The number of carbonyl (C=O) groups is 1. The van der Waals surface area contributed by atoms with Gasteiger partial charge in [0.05, 0.1) is 12.2 Å². The molecule has 4 nitrogen and oxygen atoms in total. The first kappa shape index (κ1) is 22.4. The van der Waals surface area contributed by atoms with E-state index in [9.17, 15) is 4.79 Å². The molecule has 0 atom stereocenters. The van der Waals surface area contributed by atoms with Crippen molar-refractivity contribution in [2.24, 2.45) is 0 Å². The van der Waals surface area contributed by atoms with Crippen molar-refractivity contribution in [2.75, 3.05) is 13.2 Å². The van der Waals surface area contributed by atoms with Crippen LogP contribution >= 0.6 is 11.6 Å². The molecule has 0 aromatic heterocycles. The monoisotopic (exact) mass is 402 g/mol. The minimum Gasteiger partial charge on any atom is -0.460 e. The third kappa shape index (κ3) is 9.01. The van der Waals surface area contributed by atoms with Crippen LogP contribution in [0.15, 0.2) is 24.3 Å². The van der Waals surface area contributed by atoms with Gasteiger partial charge in [-0.25, -0.2) is 4.79 Å². The van der Waals surface area contributed by atoms with Crippen LogP contribution in [-0.4, -0.2) is 36.1 Å². The third-order valence-corrected chi connectivity index (χ3v) is 10.7. The maximum atomic E-state index is 12.0. The SMILES string of the molecule is CCCC[Si](C)(C)O[Si](C)(C)OCCOC(=O)c1ccc(CCl)cc1. The molecule has 0 aliphatic heterocycles. The molecular weight excluding hydrogens is 372 g/mol. The van der Waals surface area contributed by atoms with Crippen molar-refractivity contribution >= 4 is 34.4 Å². The van der Waals surface area contributed by atoms with Gasteiger partial charge in [0, 0.05) is 5.88 Å². The van der Waals surface area contributed by atoms with Crippen LogP contribution in [0.4, 0.5) is 0 Å². The zero-order valence-electron chi connectivity index (χ0n) is 16.1. The van der Waals surface area contributed by atoms with E-state index < -0.39 is 16.9 Å². The van der Waals surface area contributed by atoms with Gasteiger partial charge < -0.3 is 13.3 Å². The van der Waals surface area contributed by atoms with Crippen molar-refractivity contribution in [1.82, 2.24) is 0 Å². The Morgan fingerprint density at radius 2 is 1.72 bits per heavy atom. The second-order valence-corrected chi connectivity index (χ2v) is 15.4. The second-order valence-electron chi connectivity index (χ2n) is 7.18. The lowest BCUT2D eigenvalue weighted by Gasteiger charge is -2.33. The number of esters is 1. The van der Waals surface area contributed by atoms with Gasteiger partial charge >= 0.3 is 14.5 Å². The predicted octanol–water partition coefficient (Wildman–Crippen LogP) is 5.32. The summed E-state index contributed by atoms with van der Waals surface area (Å²) in [6, 6.07) is 8.26. The van der Waals surface area contributed by atoms with Crippen molar-refractivity contribution in [3.63, 3.8) is 0 Å². The maximum Gasteiger partial charge on any atom is 0.338 e. The molecule has 0 saturated carbocycles. The van der Waals surface area contributed by atoms with Crippen molar-refractivity contribution in [1.29, 1.82) is 0 Å². The molecule has 1 rings (SSSR count). The summed E-state index contributed by atoms with van der Waals surface area (Å²) >= 11 is 5.74. The van der Waals surface area contributed by atoms with E-state index in [1.807, 2.05) is 12.1 Å². The van der Waals surface area contributed by atoms with Crippen molar-refractivity contribution in [3.05, 3.63) is 35.4 Å². The van der Waals surface area contributed by atoms with E-state index in [1.165, 1.54) is 12.8 Å². The Balaban J connectivity index is 2.36. The van der Waals surface area contributed by atoms with E-state index in [-0.39, 0.29) is 12.6 Å². The first-order valence-electron chi connectivity index (χ1n) is 8.85. The van der Waals surface area contributed by atoms with Crippen LogP contribution in [0, 0.1) is 0 Å². The smallest absolute Gasteiger partial charge is 0.338 e. The molecular formula is C18H31ClO4Si2. The molecule has 1 aromatic rings. The average Bonchev–Trinajstić information content (AvgIpc) is 2.56. The molecule has 0 amide bonds. The van der Waals surface area contributed by atoms with Gasteiger partial charge in [0.1, 0.15) is 6.61 Å². The van der Waals surface area contributed by atoms with E-state index in [0.717, 1.165) is 11.6 Å². The molecule has 0 fully saturated rings. The highest BCUT2D eigenvalue weighted by atomic mass is 35.5. The lowest BCUT2D eigenvalue weighted by Crippen LogP contribution is -2.47. The summed E-state index contributed by atoms with van der Waals surface area (Å²) in [4.78, 5) is 12.0. The summed E-state index contributed by atoms with van der Waals surface area (Å²) < 4.78 is 17.5.